The van der Waals surface area contributed by atoms with Crippen LogP contribution in [-0.2, 0) is 18.4 Å². The summed E-state index contributed by atoms with van der Waals surface area (Å²) in [4.78, 5) is 25.1. The first-order valence-electron chi connectivity index (χ1n) is 22.2. The Morgan fingerprint density at radius 3 is 1.49 bits per heavy atom. The van der Waals surface area contributed by atoms with Gasteiger partial charge in [-0.2, -0.15) is 0 Å². The molecule has 0 aromatic carbocycles. The average Bonchev–Trinajstić information content (AvgIpc) is 3.10. The SMILES string of the molecule is CCCCCC/C=C\CCCC(=O)NC(COP(=O)([O-])OCC[N+](C)(C)C)C(O)/C=C/CCCCCCCCCCCCCCCCCCCCCC. The molecule has 0 aliphatic heterocycles. The fourth-order valence-electron chi connectivity index (χ4n) is 6.33. The van der Waals surface area contributed by atoms with Crippen LogP contribution in [0.3, 0.4) is 0 Å². The number of allylic oxidation sites excluding steroid dienone is 3. The number of hydrogen-bond acceptors (Lipinski definition) is 6. The van der Waals surface area contributed by atoms with Gasteiger partial charge in [0.25, 0.3) is 7.82 Å². The summed E-state index contributed by atoms with van der Waals surface area (Å²) in [6.45, 7) is 4.59. The van der Waals surface area contributed by atoms with Gasteiger partial charge >= 0.3 is 0 Å². The van der Waals surface area contributed by atoms with Gasteiger partial charge in [0.1, 0.15) is 13.2 Å². The molecule has 3 atom stereocenters. The highest BCUT2D eigenvalue weighted by molar-refractivity contribution is 7.45. The summed E-state index contributed by atoms with van der Waals surface area (Å²) in [5, 5.41) is 13.7. The van der Waals surface area contributed by atoms with Crippen LogP contribution in [0.2, 0.25) is 0 Å². The van der Waals surface area contributed by atoms with E-state index in [2.05, 4.69) is 31.3 Å². The second-order valence-corrected chi connectivity index (χ2v) is 17.8. The number of carbonyl (C=O) groups is 1. The molecule has 0 fully saturated rings. The number of nitrogens with zero attached hydrogens (tertiary/aromatic N) is 1. The van der Waals surface area contributed by atoms with Gasteiger partial charge in [-0.3, -0.25) is 9.36 Å². The Morgan fingerprint density at radius 1 is 0.642 bits per heavy atom. The highest BCUT2D eigenvalue weighted by Crippen LogP contribution is 2.38. The number of amides is 1. The van der Waals surface area contributed by atoms with E-state index in [1.165, 1.54) is 141 Å². The number of phosphoric ester groups is 1. The Hall–Kier alpha value is -1.02. The molecule has 0 heterocycles. The summed E-state index contributed by atoms with van der Waals surface area (Å²) in [7, 11) is 1.25. The minimum absolute atomic E-state index is 0.00461. The summed E-state index contributed by atoms with van der Waals surface area (Å²) in [5.74, 6) is -0.233. The Balaban J connectivity index is 4.29. The van der Waals surface area contributed by atoms with Gasteiger partial charge in [-0.05, 0) is 38.5 Å². The molecule has 0 saturated heterocycles. The number of phosphoric acid groups is 1. The van der Waals surface area contributed by atoms with Crippen molar-refractivity contribution < 1.29 is 32.9 Å². The molecule has 8 nitrogen and oxygen atoms in total. The maximum absolute atomic E-state index is 12.7. The Kier molecular flexibility index (Phi) is 35.9. The van der Waals surface area contributed by atoms with Crippen LogP contribution in [0, 0.1) is 0 Å². The van der Waals surface area contributed by atoms with E-state index in [1.807, 2.05) is 27.2 Å². The lowest BCUT2D eigenvalue weighted by Crippen LogP contribution is -2.45. The van der Waals surface area contributed by atoms with Crippen molar-refractivity contribution in [1.82, 2.24) is 5.32 Å². The standard InChI is InChI=1S/C44H87N2O6P/c1-6-8-10-12-14-16-17-18-19-20-21-22-23-24-25-26-27-28-30-31-33-35-37-43(47)42(41-52-53(49,50)51-40-39-46(3,4)5)45-44(48)38-36-34-32-29-15-13-11-9-7-2/h29,32,35,37,42-43,47H,6-28,30-31,33-34,36,38-41H2,1-5H3,(H-,45,48,49,50)/b32-29-,37-35+. The number of rotatable bonds is 40. The van der Waals surface area contributed by atoms with Gasteiger partial charge in [0.2, 0.25) is 5.91 Å². The van der Waals surface area contributed by atoms with Gasteiger partial charge in [-0.25, -0.2) is 0 Å². The molecule has 0 bridgehead atoms. The van der Waals surface area contributed by atoms with Crippen molar-refractivity contribution in [1.29, 1.82) is 0 Å². The zero-order valence-corrected chi connectivity index (χ0v) is 36.4. The third kappa shape index (κ3) is 39.0. The van der Waals surface area contributed by atoms with E-state index >= 15 is 0 Å². The number of nitrogens with one attached hydrogen (secondary N) is 1. The summed E-state index contributed by atoms with van der Waals surface area (Å²) in [5.41, 5.74) is 0. The highest BCUT2D eigenvalue weighted by atomic mass is 31.2. The van der Waals surface area contributed by atoms with Crippen LogP contribution < -0.4 is 10.2 Å². The third-order valence-electron chi connectivity index (χ3n) is 9.91. The van der Waals surface area contributed by atoms with Gasteiger partial charge in [0.15, 0.2) is 0 Å². The largest absolute Gasteiger partial charge is 0.756 e. The van der Waals surface area contributed by atoms with Gasteiger partial charge in [-0.15, -0.1) is 0 Å². The Bertz CT molecular complexity index is 922. The summed E-state index contributed by atoms with van der Waals surface area (Å²) < 4.78 is 23.1. The zero-order chi connectivity index (χ0) is 39.3. The first-order chi connectivity index (χ1) is 25.5. The number of carbonyl (C=O) groups excluding carboxylic acids is 1. The number of hydrogen-bond donors (Lipinski definition) is 2. The molecular formula is C44H87N2O6P. The molecule has 0 aromatic rings. The monoisotopic (exact) mass is 771 g/mol. The van der Waals surface area contributed by atoms with Gasteiger partial charge < -0.3 is 28.8 Å². The van der Waals surface area contributed by atoms with E-state index < -0.39 is 20.0 Å². The van der Waals surface area contributed by atoms with Crippen molar-refractivity contribution in [3.05, 3.63) is 24.3 Å². The zero-order valence-electron chi connectivity index (χ0n) is 35.5. The van der Waals surface area contributed by atoms with Crippen LogP contribution in [0.25, 0.3) is 0 Å². The fraction of sp³-hybridized carbons (Fsp3) is 0.886. The minimum atomic E-state index is -4.59. The number of aliphatic hydroxyl groups is 1. The first kappa shape index (κ1) is 52.0. The van der Waals surface area contributed by atoms with Crippen molar-refractivity contribution >= 4 is 13.7 Å². The van der Waals surface area contributed by atoms with E-state index in [4.69, 9.17) is 9.05 Å². The highest BCUT2D eigenvalue weighted by Gasteiger charge is 2.23. The Morgan fingerprint density at radius 2 is 1.04 bits per heavy atom. The number of aliphatic hydroxyl groups excluding tert-OH is 1. The minimum Gasteiger partial charge on any atom is -0.756 e. The molecule has 0 aliphatic rings. The molecule has 3 unspecified atom stereocenters. The maximum atomic E-state index is 12.7. The van der Waals surface area contributed by atoms with Crippen LogP contribution in [-0.4, -0.2) is 68.5 Å². The van der Waals surface area contributed by atoms with Crippen molar-refractivity contribution in [3.8, 4) is 0 Å². The van der Waals surface area contributed by atoms with Crippen LogP contribution in [0.15, 0.2) is 24.3 Å². The molecule has 1 amide bonds. The quantitative estimate of drug-likeness (QED) is 0.0278. The molecule has 9 heteroatoms. The molecule has 0 spiro atoms. The molecule has 0 saturated carbocycles. The van der Waals surface area contributed by atoms with E-state index in [0.29, 0.717) is 23.9 Å². The second-order valence-electron chi connectivity index (χ2n) is 16.4. The molecule has 0 aliphatic carbocycles. The molecule has 53 heavy (non-hydrogen) atoms. The molecule has 314 valence electrons. The molecule has 0 rings (SSSR count). The first-order valence-corrected chi connectivity index (χ1v) is 23.7. The third-order valence-corrected chi connectivity index (χ3v) is 10.9. The normalized spacial score (nSPS) is 14.6. The molecule has 2 N–H and O–H groups in total. The second kappa shape index (κ2) is 36.6. The lowest BCUT2D eigenvalue weighted by Gasteiger charge is -2.29. The predicted molar refractivity (Wildman–Crippen MR) is 224 cm³/mol. The van der Waals surface area contributed by atoms with Gasteiger partial charge in [-0.1, -0.05) is 179 Å². The maximum Gasteiger partial charge on any atom is 0.268 e. The van der Waals surface area contributed by atoms with Crippen LogP contribution in [0.5, 0.6) is 0 Å². The van der Waals surface area contributed by atoms with Crippen LogP contribution in [0.1, 0.15) is 200 Å². The van der Waals surface area contributed by atoms with Gasteiger partial charge in [0, 0.05) is 6.42 Å². The van der Waals surface area contributed by atoms with Crippen LogP contribution >= 0.6 is 7.82 Å². The lowest BCUT2D eigenvalue weighted by atomic mass is 10.0. The van der Waals surface area contributed by atoms with Gasteiger partial charge in [0.05, 0.1) is 39.9 Å². The topological polar surface area (TPSA) is 108 Å². The lowest BCUT2D eigenvalue weighted by molar-refractivity contribution is -0.870. The molecule has 0 aromatic heterocycles. The van der Waals surface area contributed by atoms with Crippen molar-refractivity contribution in [3.63, 3.8) is 0 Å². The van der Waals surface area contributed by atoms with E-state index in [9.17, 15) is 19.4 Å². The van der Waals surface area contributed by atoms with E-state index in [0.717, 1.165) is 32.1 Å². The van der Waals surface area contributed by atoms with E-state index in [-0.39, 0.29) is 19.1 Å². The smallest absolute Gasteiger partial charge is 0.268 e. The summed E-state index contributed by atoms with van der Waals surface area (Å²) in [6.07, 6.45) is 42.5. The van der Waals surface area contributed by atoms with E-state index in [1.54, 1.807) is 6.08 Å². The van der Waals surface area contributed by atoms with Crippen molar-refractivity contribution in [2.24, 2.45) is 0 Å². The number of quaternary nitrogens is 1. The Labute approximate surface area is 328 Å². The van der Waals surface area contributed by atoms with Crippen molar-refractivity contribution in [2.75, 3.05) is 40.9 Å². The average molecular weight is 771 g/mol. The molecular weight excluding hydrogens is 683 g/mol. The number of unbranched alkanes of at least 4 members (excludes halogenated alkanes) is 25. The predicted octanol–water partition coefficient (Wildman–Crippen LogP) is 11.5. The number of likely N-dealkylation sites (N-methyl/N-ethyl adjacent to an activating group) is 1. The van der Waals surface area contributed by atoms with Crippen molar-refractivity contribution in [2.45, 2.75) is 212 Å². The summed E-state index contributed by atoms with van der Waals surface area (Å²) >= 11 is 0. The summed E-state index contributed by atoms with van der Waals surface area (Å²) in [6, 6.07) is -0.896. The van der Waals surface area contributed by atoms with Crippen LogP contribution in [0.4, 0.5) is 0 Å². The molecule has 0 radical (unpaired) electrons. The fourth-order valence-corrected chi connectivity index (χ4v) is 7.06.